The minimum atomic E-state index is 0.115. The van der Waals surface area contributed by atoms with E-state index in [0.717, 1.165) is 36.4 Å². The average molecular weight is 314 g/mol. The standard InChI is InChI=1S/C19H26N2O2/c1-5-12-21(18(6-2)16-10-8-7-9-11-16)19(22)13-17-14(3)20-23-15(17)4/h7-11,18H,5-6,12-13H2,1-4H3/t18-/m0/s1. The second-order valence-corrected chi connectivity index (χ2v) is 5.90. The quantitative estimate of drug-likeness (QED) is 0.768. The maximum atomic E-state index is 12.9. The maximum Gasteiger partial charge on any atom is 0.227 e. The van der Waals surface area contributed by atoms with E-state index in [1.807, 2.05) is 36.9 Å². The number of carbonyl (C=O) groups is 1. The van der Waals surface area contributed by atoms with Crippen molar-refractivity contribution in [1.82, 2.24) is 10.1 Å². The Bertz CT molecular complexity index is 615. The molecule has 0 unspecified atom stereocenters. The summed E-state index contributed by atoms with van der Waals surface area (Å²) in [7, 11) is 0. The van der Waals surface area contributed by atoms with E-state index in [1.54, 1.807) is 0 Å². The average Bonchev–Trinajstić information content (AvgIpc) is 2.87. The number of hydrogen-bond donors (Lipinski definition) is 0. The van der Waals surface area contributed by atoms with E-state index in [1.165, 1.54) is 5.56 Å². The van der Waals surface area contributed by atoms with Crippen molar-refractivity contribution in [3.63, 3.8) is 0 Å². The van der Waals surface area contributed by atoms with Gasteiger partial charge in [-0.3, -0.25) is 4.79 Å². The fraction of sp³-hybridized carbons (Fsp3) is 0.474. The van der Waals surface area contributed by atoms with E-state index in [9.17, 15) is 4.79 Å². The van der Waals surface area contributed by atoms with Gasteiger partial charge in [0.25, 0.3) is 0 Å². The molecule has 1 heterocycles. The highest BCUT2D eigenvalue weighted by molar-refractivity contribution is 5.79. The Kier molecular flexibility index (Phi) is 5.97. The first-order valence-electron chi connectivity index (χ1n) is 8.34. The van der Waals surface area contributed by atoms with E-state index in [2.05, 4.69) is 31.1 Å². The summed E-state index contributed by atoms with van der Waals surface area (Å²) in [5.74, 6) is 0.872. The molecule has 0 spiro atoms. The summed E-state index contributed by atoms with van der Waals surface area (Å²) < 4.78 is 5.19. The molecule has 23 heavy (non-hydrogen) atoms. The Balaban J connectivity index is 2.24. The Morgan fingerprint density at radius 2 is 1.91 bits per heavy atom. The van der Waals surface area contributed by atoms with Crippen LogP contribution in [0.1, 0.15) is 55.3 Å². The topological polar surface area (TPSA) is 46.3 Å². The van der Waals surface area contributed by atoms with Crippen LogP contribution in [0.25, 0.3) is 0 Å². The van der Waals surface area contributed by atoms with Crippen LogP contribution >= 0.6 is 0 Å². The third-order valence-corrected chi connectivity index (χ3v) is 4.24. The van der Waals surface area contributed by atoms with Gasteiger partial charge in [-0.25, -0.2) is 0 Å². The minimum Gasteiger partial charge on any atom is -0.361 e. The highest BCUT2D eigenvalue weighted by Crippen LogP contribution is 2.26. The number of nitrogens with zero attached hydrogens (tertiary/aromatic N) is 2. The zero-order valence-electron chi connectivity index (χ0n) is 14.5. The molecule has 0 fully saturated rings. The molecule has 1 aromatic carbocycles. The van der Waals surface area contributed by atoms with Gasteiger partial charge in [-0.05, 0) is 32.3 Å². The molecule has 1 amide bonds. The molecular weight excluding hydrogens is 288 g/mol. The number of aryl methyl sites for hydroxylation is 2. The second-order valence-electron chi connectivity index (χ2n) is 5.90. The molecule has 2 rings (SSSR count). The smallest absolute Gasteiger partial charge is 0.227 e. The Hall–Kier alpha value is -2.10. The summed E-state index contributed by atoms with van der Waals surface area (Å²) in [6.45, 7) is 8.74. The molecule has 0 bridgehead atoms. The lowest BCUT2D eigenvalue weighted by Gasteiger charge is -2.31. The fourth-order valence-electron chi connectivity index (χ4n) is 3.01. The molecule has 0 aliphatic carbocycles. The number of benzene rings is 1. The molecule has 4 nitrogen and oxygen atoms in total. The van der Waals surface area contributed by atoms with E-state index in [4.69, 9.17) is 4.52 Å². The molecule has 0 saturated heterocycles. The third kappa shape index (κ3) is 4.01. The largest absolute Gasteiger partial charge is 0.361 e. The van der Waals surface area contributed by atoms with Crippen LogP contribution in [0.4, 0.5) is 0 Å². The fourth-order valence-corrected chi connectivity index (χ4v) is 3.01. The molecule has 1 atom stereocenters. The SMILES string of the molecule is CCCN(C(=O)Cc1c(C)noc1C)[C@@H](CC)c1ccccc1. The summed E-state index contributed by atoms with van der Waals surface area (Å²) in [5.41, 5.74) is 2.91. The Labute approximate surface area is 138 Å². The van der Waals surface area contributed by atoms with Crippen LogP contribution < -0.4 is 0 Å². The minimum absolute atomic E-state index is 0.115. The lowest BCUT2D eigenvalue weighted by molar-refractivity contribution is -0.133. The van der Waals surface area contributed by atoms with Crippen molar-refractivity contribution in [3.05, 3.63) is 52.9 Å². The van der Waals surface area contributed by atoms with Crippen molar-refractivity contribution in [3.8, 4) is 0 Å². The number of carbonyl (C=O) groups excluding carboxylic acids is 1. The lowest BCUT2D eigenvalue weighted by atomic mass is 10.0. The Morgan fingerprint density at radius 1 is 1.22 bits per heavy atom. The van der Waals surface area contributed by atoms with Crippen molar-refractivity contribution >= 4 is 5.91 Å². The van der Waals surface area contributed by atoms with Gasteiger partial charge in [-0.15, -0.1) is 0 Å². The number of rotatable bonds is 7. The zero-order chi connectivity index (χ0) is 16.8. The van der Waals surface area contributed by atoms with Crippen LogP contribution in [-0.4, -0.2) is 22.5 Å². The van der Waals surface area contributed by atoms with Gasteiger partial charge in [0.1, 0.15) is 5.76 Å². The molecule has 0 aliphatic heterocycles. The first kappa shape index (κ1) is 17.3. The molecule has 124 valence electrons. The van der Waals surface area contributed by atoms with Crippen LogP contribution in [0.15, 0.2) is 34.9 Å². The van der Waals surface area contributed by atoms with Crippen molar-refractivity contribution < 1.29 is 9.32 Å². The van der Waals surface area contributed by atoms with Gasteiger partial charge < -0.3 is 9.42 Å². The van der Waals surface area contributed by atoms with Crippen LogP contribution in [0.2, 0.25) is 0 Å². The van der Waals surface area contributed by atoms with Crippen molar-refractivity contribution in [2.45, 2.75) is 53.0 Å². The van der Waals surface area contributed by atoms with Gasteiger partial charge in [0, 0.05) is 12.1 Å². The van der Waals surface area contributed by atoms with Gasteiger partial charge in [-0.1, -0.05) is 49.3 Å². The molecule has 0 radical (unpaired) electrons. The lowest BCUT2D eigenvalue weighted by Crippen LogP contribution is -2.36. The molecular formula is C19H26N2O2. The van der Waals surface area contributed by atoms with E-state index >= 15 is 0 Å². The van der Waals surface area contributed by atoms with Crippen LogP contribution in [0.5, 0.6) is 0 Å². The van der Waals surface area contributed by atoms with Gasteiger partial charge in [0.2, 0.25) is 5.91 Å². The van der Waals surface area contributed by atoms with Gasteiger partial charge in [0.15, 0.2) is 0 Å². The maximum absolute atomic E-state index is 12.9. The summed E-state index contributed by atoms with van der Waals surface area (Å²) in [5, 5.41) is 3.95. The van der Waals surface area contributed by atoms with Crippen molar-refractivity contribution in [2.75, 3.05) is 6.54 Å². The van der Waals surface area contributed by atoms with E-state index < -0.39 is 0 Å². The van der Waals surface area contributed by atoms with Crippen LogP contribution in [0, 0.1) is 13.8 Å². The number of hydrogen-bond acceptors (Lipinski definition) is 3. The highest BCUT2D eigenvalue weighted by atomic mass is 16.5. The predicted octanol–water partition coefficient (Wildman–Crippen LogP) is 4.22. The molecule has 4 heteroatoms. The molecule has 0 saturated carbocycles. The zero-order valence-corrected chi connectivity index (χ0v) is 14.5. The highest BCUT2D eigenvalue weighted by Gasteiger charge is 2.25. The number of amides is 1. The predicted molar refractivity (Wildman–Crippen MR) is 91.2 cm³/mol. The third-order valence-electron chi connectivity index (χ3n) is 4.24. The van der Waals surface area contributed by atoms with Crippen molar-refractivity contribution in [1.29, 1.82) is 0 Å². The molecule has 0 aliphatic rings. The van der Waals surface area contributed by atoms with Crippen LogP contribution in [-0.2, 0) is 11.2 Å². The second kappa shape index (κ2) is 7.95. The summed E-state index contributed by atoms with van der Waals surface area (Å²) in [6, 6.07) is 10.4. The monoisotopic (exact) mass is 314 g/mol. The first-order valence-corrected chi connectivity index (χ1v) is 8.34. The van der Waals surface area contributed by atoms with Crippen molar-refractivity contribution in [2.24, 2.45) is 0 Å². The van der Waals surface area contributed by atoms with Gasteiger partial charge in [0.05, 0.1) is 18.2 Å². The summed E-state index contributed by atoms with van der Waals surface area (Å²) in [6.07, 6.45) is 2.19. The summed E-state index contributed by atoms with van der Waals surface area (Å²) in [4.78, 5) is 14.9. The molecule has 0 N–H and O–H groups in total. The van der Waals surface area contributed by atoms with E-state index in [-0.39, 0.29) is 11.9 Å². The number of aromatic nitrogens is 1. The van der Waals surface area contributed by atoms with Gasteiger partial charge >= 0.3 is 0 Å². The summed E-state index contributed by atoms with van der Waals surface area (Å²) >= 11 is 0. The first-order chi connectivity index (χ1) is 11.1. The van der Waals surface area contributed by atoms with E-state index in [0.29, 0.717) is 6.42 Å². The Morgan fingerprint density at radius 3 is 2.43 bits per heavy atom. The normalized spacial score (nSPS) is 12.2. The molecule has 2 aromatic rings. The van der Waals surface area contributed by atoms with Gasteiger partial charge in [-0.2, -0.15) is 0 Å². The van der Waals surface area contributed by atoms with Crippen LogP contribution in [0.3, 0.4) is 0 Å². The molecule has 1 aromatic heterocycles.